The van der Waals surface area contributed by atoms with Gasteiger partial charge in [0.2, 0.25) is 0 Å². The van der Waals surface area contributed by atoms with Crippen molar-refractivity contribution in [2.24, 2.45) is 28.6 Å². The fraction of sp³-hybridized carbons (Fsp3) is 1.00. The van der Waals surface area contributed by atoms with Crippen LogP contribution in [-0.4, -0.2) is 48.6 Å². The van der Waals surface area contributed by atoms with Gasteiger partial charge in [-0.25, -0.2) is 0 Å². The van der Waals surface area contributed by atoms with Gasteiger partial charge in [-0.2, -0.15) is 0 Å². The summed E-state index contributed by atoms with van der Waals surface area (Å²) >= 11 is 0. The summed E-state index contributed by atoms with van der Waals surface area (Å²) in [6.07, 6.45) is 16.6. The first-order valence-electron chi connectivity index (χ1n) is 12.9. The molecule has 0 aromatic rings. The lowest BCUT2D eigenvalue weighted by atomic mass is 9.62. The van der Waals surface area contributed by atoms with Crippen LogP contribution in [0.25, 0.3) is 0 Å². The SMILES string of the molecule is CC(C)CC1(CN2CCC(C3CCC4(CC3)CCN(C(C)C)CC4)CC2)CC1. The summed E-state index contributed by atoms with van der Waals surface area (Å²) in [5.41, 5.74) is 1.46. The van der Waals surface area contributed by atoms with Crippen molar-refractivity contribution in [3.05, 3.63) is 0 Å². The predicted molar refractivity (Wildman–Crippen MR) is 121 cm³/mol. The third-order valence-corrected chi connectivity index (χ3v) is 9.34. The van der Waals surface area contributed by atoms with Gasteiger partial charge in [-0.15, -0.1) is 0 Å². The molecule has 1 spiro atoms. The summed E-state index contributed by atoms with van der Waals surface area (Å²) in [6, 6.07) is 0.745. The fourth-order valence-corrected chi connectivity index (χ4v) is 7.27. The van der Waals surface area contributed by atoms with Gasteiger partial charge in [0, 0.05) is 12.6 Å². The highest BCUT2D eigenvalue weighted by molar-refractivity contribution is 4.97. The fourth-order valence-electron chi connectivity index (χ4n) is 7.27. The summed E-state index contributed by atoms with van der Waals surface area (Å²) in [6.45, 7) is 16.5. The minimum Gasteiger partial charge on any atom is -0.303 e. The molecular formula is C26H48N2. The van der Waals surface area contributed by atoms with Crippen LogP contribution in [0.3, 0.4) is 0 Å². The molecule has 2 aliphatic carbocycles. The van der Waals surface area contributed by atoms with Gasteiger partial charge in [0.05, 0.1) is 0 Å². The minimum atomic E-state index is 0.725. The van der Waals surface area contributed by atoms with Crippen molar-refractivity contribution in [3.8, 4) is 0 Å². The molecule has 2 aliphatic heterocycles. The zero-order chi connectivity index (χ0) is 19.8. The monoisotopic (exact) mass is 388 g/mol. The molecule has 0 radical (unpaired) electrons. The van der Waals surface area contributed by atoms with E-state index >= 15 is 0 Å². The van der Waals surface area contributed by atoms with Gasteiger partial charge >= 0.3 is 0 Å². The topological polar surface area (TPSA) is 6.48 Å². The van der Waals surface area contributed by atoms with Gasteiger partial charge in [-0.05, 0) is 139 Å². The van der Waals surface area contributed by atoms with E-state index in [9.17, 15) is 0 Å². The summed E-state index contributed by atoms with van der Waals surface area (Å²) in [7, 11) is 0. The molecule has 2 heterocycles. The van der Waals surface area contributed by atoms with Gasteiger partial charge in [0.1, 0.15) is 0 Å². The molecule has 0 aromatic heterocycles. The van der Waals surface area contributed by atoms with E-state index in [0.29, 0.717) is 0 Å². The van der Waals surface area contributed by atoms with E-state index in [-0.39, 0.29) is 0 Å². The smallest absolute Gasteiger partial charge is 0.00385 e. The highest BCUT2D eigenvalue weighted by Gasteiger charge is 2.45. The van der Waals surface area contributed by atoms with E-state index in [4.69, 9.17) is 0 Å². The highest BCUT2D eigenvalue weighted by atomic mass is 15.2. The average molecular weight is 389 g/mol. The number of piperidine rings is 2. The van der Waals surface area contributed by atoms with Gasteiger partial charge in [-0.3, -0.25) is 0 Å². The number of likely N-dealkylation sites (tertiary alicyclic amines) is 2. The maximum atomic E-state index is 2.85. The predicted octanol–water partition coefficient (Wildman–Crippen LogP) is 6.21. The Labute approximate surface area is 175 Å². The maximum Gasteiger partial charge on any atom is 0.00385 e. The molecule has 0 bridgehead atoms. The Morgan fingerprint density at radius 2 is 1.29 bits per heavy atom. The van der Waals surface area contributed by atoms with E-state index in [0.717, 1.165) is 34.6 Å². The van der Waals surface area contributed by atoms with Crippen LogP contribution < -0.4 is 0 Å². The molecule has 4 aliphatic rings. The second-order valence-electron chi connectivity index (χ2n) is 12.2. The largest absolute Gasteiger partial charge is 0.303 e. The molecule has 0 unspecified atom stereocenters. The quantitative estimate of drug-likeness (QED) is 0.534. The molecule has 4 fully saturated rings. The number of hydrogen-bond donors (Lipinski definition) is 0. The first kappa shape index (κ1) is 21.2. The van der Waals surface area contributed by atoms with E-state index in [1.54, 1.807) is 25.7 Å². The molecule has 2 saturated carbocycles. The van der Waals surface area contributed by atoms with Crippen LogP contribution in [0.5, 0.6) is 0 Å². The lowest BCUT2D eigenvalue weighted by Crippen LogP contribution is -2.45. The third kappa shape index (κ3) is 4.97. The lowest BCUT2D eigenvalue weighted by Gasteiger charge is -2.49. The van der Waals surface area contributed by atoms with Gasteiger partial charge in [-0.1, -0.05) is 13.8 Å². The zero-order valence-electron chi connectivity index (χ0n) is 19.5. The summed E-state index contributed by atoms with van der Waals surface area (Å²) in [4.78, 5) is 5.55. The van der Waals surface area contributed by atoms with Crippen molar-refractivity contribution in [3.63, 3.8) is 0 Å². The van der Waals surface area contributed by atoms with Crippen molar-refractivity contribution in [1.82, 2.24) is 9.80 Å². The molecule has 2 saturated heterocycles. The summed E-state index contributed by atoms with van der Waals surface area (Å²) < 4.78 is 0. The third-order valence-electron chi connectivity index (χ3n) is 9.34. The molecular weight excluding hydrogens is 340 g/mol. The van der Waals surface area contributed by atoms with Gasteiger partial charge in [0.15, 0.2) is 0 Å². The molecule has 0 amide bonds. The van der Waals surface area contributed by atoms with Crippen LogP contribution in [0.15, 0.2) is 0 Å². The first-order chi connectivity index (χ1) is 13.4. The van der Waals surface area contributed by atoms with Crippen molar-refractivity contribution in [1.29, 1.82) is 0 Å². The van der Waals surface area contributed by atoms with Crippen LogP contribution in [-0.2, 0) is 0 Å². The highest BCUT2D eigenvalue weighted by Crippen LogP contribution is 2.52. The van der Waals surface area contributed by atoms with Crippen molar-refractivity contribution < 1.29 is 0 Å². The Morgan fingerprint density at radius 3 is 1.79 bits per heavy atom. The first-order valence-corrected chi connectivity index (χ1v) is 12.9. The van der Waals surface area contributed by atoms with Crippen molar-refractivity contribution in [2.75, 3.05) is 32.7 Å². The molecule has 0 atom stereocenters. The van der Waals surface area contributed by atoms with Gasteiger partial charge < -0.3 is 9.80 Å². The number of rotatable bonds is 6. The number of hydrogen-bond acceptors (Lipinski definition) is 2. The summed E-state index contributed by atoms with van der Waals surface area (Å²) in [5, 5.41) is 0. The van der Waals surface area contributed by atoms with Crippen molar-refractivity contribution in [2.45, 2.75) is 104 Å². The Balaban J connectivity index is 1.19. The molecule has 4 rings (SSSR count). The van der Waals surface area contributed by atoms with Crippen LogP contribution in [0.1, 0.15) is 98.3 Å². The van der Waals surface area contributed by atoms with Gasteiger partial charge in [0.25, 0.3) is 0 Å². The average Bonchev–Trinajstić information content (AvgIpc) is 3.41. The van der Waals surface area contributed by atoms with E-state index in [1.807, 2.05) is 0 Å². The second kappa shape index (κ2) is 8.58. The Kier molecular flexibility index (Phi) is 6.48. The maximum absolute atomic E-state index is 2.85. The molecule has 2 nitrogen and oxygen atoms in total. The second-order valence-corrected chi connectivity index (χ2v) is 12.2. The van der Waals surface area contributed by atoms with Crippen LogP contribution >= 0.6 is 0 Å². The van der Waals surface area contributed by atoms with Crippen molar-refractivity contribution >= 4 is 0 Å². The molecule has 2 heteroatoms. The summed E-state index contributed by atoms with van der Waals surface area (Å²) in [5.74, 6) is 2.98. The zero-order valence-corrected chi connectivity index (χ0v) is 19.5. The Bertz CT molecular complexity index is 481. The Hall–Kier alpha value is -0.0800. The van der Waals surface area contributed by atoms with E-state index < -0.39 is 0 Å². The normalized spacial score (nSPS) is 29.8. The standard InChI is InChI=1S/C26H48N2/c1-21(2)19-26(11-12-26)20-27-15-7-24(8-16-27)23-5-9-25(10-6-23)13-17-28(18-14-25)22(3)4/h21-24H,5-20H2,1-4H3. The van der Waals surface area contributed by atoms with Crippen LogP contribution in [0.4, 0.5) is 0 Å². The molecule has 28 heavy (non-hydrogen) atoms. The minimum absolute atomic E-state index is 0.725. The lowest BCUT2D eigenvalue weighted by molar-refractivity contribution is 0.0199. The molecule has 0 N–H and O–H groups in total. The van der Waals surface area contributed by atoms with E-state index in [2.05, 4.69) is 37.5 Å². The molecule has 0 aromatic carbocycles. The van der Waals surface area contributed by atoms with Crippen LogP contribution in [0, 0.1) is 28.6 Å². The Morgan fingerprint density at radius 1 is 0.714 bits per heavy atom. The van der Waals surface area contributed by atoms with E-state index in [1.165, 1.54) is 77.7 Å². The number of nitrogens with zero attached hydrogens (tertiary/aromatic N) is 2. The molecule has 162 valence electrons. The van der Waals surface area contributed by atoms with Crippen LogP contribution in [0.2, 0.25) is 0 Å².